The Kier molecular flexibility index (Phi) is 7.29. The van der Waals surface area contributed by atoms with Gasteiger partial charge in [-0.05, 0) is 67.1 Å². The lowest BCUT2D eigenvalue weighted by Crippen LogP contribution is -2.32. The van der Waals surface area contributed by atoms with E-state index in [9.17, 15) is 18.0 Å². The zero-order valence-electron chi connectivity index (χ0n) is 19.6. The molecule has 1 amide bonds. The molecule has 0 aromatic heterocycles. The smallest absolute Gasteiger partial charge is 0.334 e. The standard InChI is InChI=1S/C27H21ClF3N3OS2/c1-2-33-21-16-19(28)11-12-22(21)36-25(33)23-24(35)34(14-13-17-7-4-3-5-8-17)26(37-23)32-20-10-6-9-18(15-20)27(29,30)31/h3-12,15-16H,2,13-14H2,1H3. The summed E-state index contributed by atoms with van der Waals surface area (Å²) in [5.41, 5.74) is 1.33. The van der Waals surface area contributed by atoms with Crippen molar-refractivity contribution in [2.75, 3.05) is 18.0 Å². The number of amides is 1. The van der Waals surface area contributed by atoms with E-state index in [0.717, 1.165) is 33.3 Å². The maximum atomic E-state index is 13.7. The molecule has 0 atom stereocenters. The molecular weight excluding hydrogens is 539 g/mol. The van der Waals surface area contributed by atoms with Crippen molar-refractivity contribution in [3.05, 3.63) is 98.9 Å². The summed E-state index contributed by atoms with van der Waals surface area (Å²) >= 11 is 8.91. The lowest BCUT2D eigenvalue weighted by atomic mass is 10.1. The molecule has 2 aliphatic heterocycles. The highest BCUT2D eigenvalue weighted by molar-refractivity contribution is 8.19. The Hall–Kier alpha value is -2.88. The molecule has 0 saturated carbocycles. The summed E-state index contributed by atoms with van der Waals surface area (Å²) in [5.74, 6) is -0.216. The number of rotatable bonds is 5. The zero-order chi connectivity index (χ0) is 26.2. The van der Waals surface area contributed by atoms with Crippen LogP contribution in [0.15, 0.2) is 92.6 Å². The van der Waals surface area contributed by atoms with Crippen molar-refractivity contribution < 1.29 is 18.0 Å². The first-order chi connectivity index (χ1) is 17.7. The maximum absolute atomic E-state index is 13.7. The van der Waals surface area contributed by atoms with E-state index in [1.54, 1.807) is 4.90 Å². The molecule has 1 fully saturated rings. The van der Waals surface area contributed by atoms with Gasteiger partial charge in [-0.2, -0.15) is 13.2 Å². The molecule has 190 valence electrons. The minimum absolute atomic E-state index is 0.141. The van der Waals surface area contributed by atoms with Crippen LogP contribution in [0.5, 0.6) is 0 Å². The van der Waals surface area contributed by atoms with Crippen LogP contribution in [0.2, 0.25) is 5.02 Å². The van der Waals surface area contributed by atoms with Crippen molar-refractivity contribution in [2.24, 2.45) is 4.99 Å². The van der Waals surface area contributed by atoms with Gasteiger partial charge in [0.15, 0.2) is 5.17 Å². The molecule has 3 aromatic rings. The van der Waals surface area contributed by atoms with Gasteiger partial charge in [-0.25, -0.2) is 4.99 Å². The number of fused-ring (bicyclic) bond motifs is 1. The number of alkyl halides is 3. The fraction of sp³-hybridized carbons (Fsp3) is 0.185. The van der Waals surface area contributed by atoms with E-state index in [-0.39, 0.29) is 11.6 Å². The second-order valence-corrected chi connectivity index (χ2v) is 10.8. The SMILES string of the molecule is CCN1C(=C2SC(=Nc3cccc(C(F)(F)F)c3)N(CCc3ccccc3)C2=O)Sc2ccc(Cl)cc21. The van der Waals surface area contributed by atoms with E-state index in [0.29, 0.717) is 34.6 Å². The lowest BCUT2D eigenvalue weighted by Gasteiger charge is -2.19. The molecule has 10 heteroatoms. The highest BCUT2D eigenvalue weighted by atomic mass is 35.5. The first kappa shape index (κ1) is 25.8. The number of carbonyl (C=O) groups is 1. The van der Waals surface area contributed by atoms with Crippen molar-refractivity contribution in [2.45, 2.75) is 24.4 Å². The Morgan fingerprint density at radius 2 is 1.73 bits per heavy atom. The topological polar surface area (TPSA) is 35.9 Å². The quantitative estimate of drug-likeness (QED) is 0.297. The molecule has 0 unspecified atom stereocenters. The van der Waals surface area contributed by atoms with Crippen molar-refractivity contribution in [3.63, 3.8) is 0 Å². The van der Waals surface area contributed by atoms with Crippen LogP contribution in [0.3, 0.4) is 0 Å². The molecule has 0 radical (unpaired) electrons. The van der Waals surface area contributed by atoms with Gasteiger partial charge < -0.3 is 4.90 Å². The third-order valence-electron chi connectivity index (χ3n) is 5.90. The first-order valence-corrected chi connectivity index (χ1v) is 13.5. The van der Waals surface area contributed by atoms with Gasteiger partial charge in [0, 0.05) is 23.0 Å². The summed E-state index contributed by atoms with van der Waals surface area (Å²) in [5, 5.41) is 1.73. The number of carbonyl (C=O) groups excluding carboxylic acids is 1. The van der Waals surface area contributed by atoms with Gasteiger partial charge in [0.2, 0.25) is 0 Å². The monoisotopic (exact) mass is 559 g/mol. The van der Waals surface area contributed by atoms with Crippen LogP contribution < -0.4 is 4.90 Å². The van der Waals surface area contributed by atoms with Crippen LogP contribution in [0.1, 0.15) is 18.1 Å². The minimum Gasteiger partial charge on any atom is -0.334 e. The molecule has 1 saturated heterocycles. The van der Waals surface area contributed by atoms with E-state index in [4.69, 9.17) is 11.6 Å². The Bertz CT molecular complexity index is 1410. The van der Waals surface area contributed by atoms with Crippen LogP contribution in [0.4, 0.5) is 24.5 Å². The summed E-state index contributed by atoms with van der Waals surface area (Å²) < 4.78 is 39.9. The number of thioether (sulfide) groups is 2. The van der Waals surface area contributed by atoms with Crippen LogP contribution in [0, 0.1) is 0 Å². The predicted molar refractivity (Wildman–Crippen MR) is 145 cm³/mol. The van der Waals surface area contributed by atoms with Gasteiger partial charge in [0.25, 0.3) is 5.91 Å². The van der Waals surface area contributed by atoms with Gasteiger partial charge in [0.1, 0.15) is 9.93 Å². The third kappa shape index (κ3) is 5.39. The lowest BCUT2D eigenvalue weighted by molar-refractivity contribution is -0.137. The molecule has 2 heterocycles. The van der Waals surface area contributed by atoms with E-state index in [2.05, 4.69) is 4.99 Å². The van der Waals surface area contributed by atoms with Gasteiger partial charge in [-0.15, -0.1) is 0 Å². The van der Waals surface area contributed by atoms with Crippen LogP contribution in [0.25, 0.3) is 0 Å². The number of hydrogen-bond donors (Lipinski definition) is 0. The Labute approximate surface area is 226 Å². The number of aliphatic imine (C=N–C) groups is 1. The fourth-order valence-corrected chi connectivity index (χ4v) is 6.67. The highest BCUT2D eigenvalue weighted by Crippen LogP contribution is 2.51. The summed E-state index contributed by atoms with van der Waals surface area (Å²) in [7, 11) is 0. The Morgan fingerprint density at radius 3 is 2.46 bits per heavy atom. The molecule has 0 bridgehead atoms. The summed E-state index contributed by atoms with van der Waals surface area (Å²) in [4.78, 5) is 23.3. The molecular formula is C27H21ClF3N3OS2. The van der Waals surface area contributed by atoms with Crippen molar-refractivity contribution in [3.8, 4) is 0 Å². The Balaban J connectivity index is 1.54. The van der Waals surface area contributed by atoms with Crippen molar-refractivity contribution in [1.82, 2.24) is 4.90 Å². The first-order valence-electron chi connectivity index (χ1n) is 11.5. The van der Waals surface area contributed by atoms with Gasteiger partial charge >= 0.3 is 6.18 Å². The largest absolute Gasteiger partial charge is 0.416 e. The van der Waals surface area contributed by atoms with E-state index >= 15 is 0 Å². The average molecular weight is 560 g/mol. The fourth-order valence-electron chi connectivity index (χ4n) is 4.10. The summed E-state index contributed by atoms with van der Waals surface area (Å²) in [6, 6.07) is 20.2. The number of nitrogens with zero attached hydrogens (tertiary/aromatic N) is 3. The normalized spacial score (nSPS) is 18.7. The number of amidine groups is 1. The van der Waals surface area contributed by atoms with Gasteiger partial charge in [-0.3, -0.25) is 9.69 Å². The average Bonchev–Trinajstić information content (AvgIpc) is 3.39. The molecule has 0 spiro atoms. The van der Waals surface area contributed by atoms with Gasteiger partial charge in [-0.1, -0.05) is 59.8 Å². The van der Waals surface area contributed by atoms with E-state index in [1.165, 1.54) is 35.7 Å². The van der Waals surface area contributed by atoms with E-state index in [1.807, 2.05) is 60.4 Å². The number of hydrogen-bond acceptors (Lipinski definition) is 5. The van der Waals surface area contributed by atoms with Crippen LogP contribution in [-0.4, -0.2) is 29.1 Å². The molecule has 0 N–H and O–H groups in total. The van der Waals surface area contributed by atoms with Crippen LogP contribution in [-0.2, 0) is 17.4 Å². The number of benzene rings is 3. The summed E-state index contributed by atoms with van der Waals surface area (Å²) in [6.45, 7) is 2.96. The molecule has 5 rings (SSSR count). The number of anilines is 1. The predicted octanol–water partition coefficient (Wildman–Crippen LogP) is 7.97. The summed E-state index contributed by atoms with van der Waals surface area (Å²) in [6.07, 6.45) is -3.90. The molecule has 0 aliphatic carbocycles. The molecule has 3 aromatic carbocycles. The highest BCUT2D eigenvalue weighted by Gasteiger charge is 2.39. The second kappa shape index (κ2) is 10.5. The van der Waals surface area contributed by atoms with Crippen molar-refractivity contribution in [1.29, 1.82) is 0 Å². The van der Waals surface area contributed by atoms with E-state index < -0.39 is 11.7 Å². The van der Waals surface area contributed by atoms with Gasteiger partial charge in [0.05, 0.1) is 16.9 Å². The third-order valence-corrected chi connectivity index (χ3v) is 8.52. The second-order valence-electron chi connectivity index (χ2n) is 8.33. The Morgan fingerprint density at radius 1 is 0.946 bits per heavy atom. The minimum atomic E-state index is -4.48. The molecule has 37 heavy (non-hydrogen) atoms. The molecule has 2 aliphatic rings. The zero-order valence-corrected chi connectivity index (χ0v) is 22.0. The van der Waals surface area contributed by atoms with Crippen LogP contribution >= 0.6 is 35.1 Å². The maximum Gasteiger partial charge on any atom is 0.416 e. The van der Waals surface area contributed by atoms with Crippen molar-refractivity contribution >= 4 is 57.6 Å². The molecule has 4 nitrogen and oxygen atoms in total. The number of halogens is 4.